The van der Waals surface area contributed by atoms with Gasteiger partial charge in [0.25, 0.3) is 0 Å². The zero-order chi connectivity index (χ0) is 14.7. The lowest BCUT2D eigenvalue weighted by Crippen LogP contribution is -1.97. The van der Waals surface area contributed by atoms with Crippen LogP contribution in [-0.4, -0.2) is 20.3 Å². The van der Waals surface area contributed by atoms with Crippen molar-refractivity contribution in [1.29, 1.82) is 0 Å². The van der Waals surface area contributed by atoms with Crippen molar-refractivity contribution in [2.24, 2.45) is 0 Å². The second-order valence-corrected chi connectivity index (χ2v) is 5.31. The van der Waals surface area contributed by atoms with E-state index < -0.39 is 0 Å². The fraction of sp³-hybridized carbons (Fsp3) is 0.0667. The topological polar surface area (TPSA) is 71.0 Å². The number of phenols is 1. The maximum absolute atomic E-state index is 9.27. The molecule has 0 aliphatic rings. The minimum Gasteiger partial charge on any atom is -0.508 e. The summed E-state index contributed by atoms with van der Waals surface area (Å²) >= 11 is 3.37. The molecule has 1 heterocycles. The molecule has 0 radical (unpaired) electrons. The van der Waals surface area contributed by atoms with Gasteiger partial charge >= 0.3 is 0 Å². The van der Waals surface area contributed by atoms with Crippen molar-refractivity contribution in [3.63, 3.8) is 0 Å². The number of aromatic amines is 1. The summed E-state index contributed by atoms with van der Waals surface area (Å²) in [5.41, 5.74) is 0.832. The fourth-order valence-electron chi connectivity index (χ4n) is 1.78. The lowest BCUT2D eigenvalue weighted by molar-refractivity contribution is 0.296. The predicted octanol–water partition coefficient (Wildman–Crippen LogP) is 3.52. The number of phenolic OH excluding ortho intramolecular Hbond substituents is 1. The quantitative estimate of drug-likeness (QED) is 0.758. The standard InChI is InChI=1S/C15H12BrN3O2/c16-11-3-7-13(8-4-11)21-9-14-17-15(19-18-14)10-1-5-12(20)6-2-10/h1-8,20H,9H2,(H,17,18,19). The van der Waals surface area contributed by atoms with Crippen LogP contribution in [0.2, 0.25) is 0 Å². The maximum Gasteiger partial charge on any atom is 0.181 e. The minimum absolute atomic E-state index is 0.216. The van der Waals surface area contributed by atoms with E-state index in [1.54, 1.807) is 24.3 Å². The van der Waals surface area contributed by atoms with Crippen LogP contribution in [-0.2, 0) is 6.61 Å². The highest BCUT2D eigenvalue weighted by Gasteiger charge is 2.06. The van der Waals surface area contributed by atoms with E-state index >= 15 is 0 Å². The van der Waals surface area contributed by atoms with Gasteiger partial charge in [0.1, 0.15) is 18.1 Å². The fourth-order valence-corrected chi connectivity index (χ4v) is 2.05. The molecule has 2 N–H and O–H groups in total. The number of hydrogen-bond donors (Lipinski definition) is 2. The molecule has 0 aliphatic heterocycles. The molecule has 0 aliphatic carbocycles. The van der Waals surface area contributed by atoms with E-state index in [0.717, 1.165) is 15.8 Å². The summed E-state index contributed by atoms with van der Waals surface area (Å²) in [6.45, 7) is 0.312. The van der Waals surface area contributed by atoms with Gasteiger partial charge in [-0.3, -0.25) is 5.10 Å². The molecule has 106 valence electrons. The summed E-state index contributed by atoms with van der Waals surface area (Å²) in [4.78, 5) is 4.36. The summed E-state index contributed by atoms with van der Waals surface area (Å²) in [7, 11) is 0. The Morgan fingerprint density at radius 3 is 2.48 bits per heavy atom. The van der Waals surface area contributed by atoms with Crippen LogP contribution < -0.4 is 4.74 Å². The molecule has 3 aromatic rings. The Hall–Kier alpha value is -2.34. The number of ether oxygens (including phenoxy) is 1. The molecule has 0 amide bonds. The smallest absolute Gasteiger partial charge is 0.181 e. The van der Waals surface area contributed by atoms with Gasteiger partial charge in [0.05, 0.1) is 0 Å². The molecule has 1 aromatic heterocycles. The number of benzene rings is 2. The summed E-state index contributed by atoms with van der Waals surface area (Å²) in [5, 5.41) is 16.2. The normalized spacial score (nSPS) is 10.5. The van der Waals surface area contributed by atoms with E-state index in [1.165, 1.54) is 0 Å². The first kappa shape index (κ1) is 13.6. The second kappa shape index (κ2) is 5.97. The maximum atomic E-state index is 9.27. The molecule has 0 saturated heterocycles. The van der Waals surface area contributed by atoms with Crippen molar-refractivity contribution in [3.8, 4) is 22.9 Å². The van der Waals surface area contributed by atoms with Gasteiger partial charge in [-0.25, -0.2) is 4.98 Å². The molecule has 0 atom stereocenters. The lowest BCUT2D eigenvalue weighted by Gasteiger charge is -2.03. The number of halogens is 1. The van der Waals surface area contributed by atoms with Crippen LogP contribution in [0.3, 0.4) is 0 Å². The van der Waals surface area contributed by atoms with Crippen LogP contribution in [0, 0.1) is 0 Å². The molecular formula is C15H12BrN3O2. The zero-order valence-electron chi connectivity index (χ0n) is 11.0. The average molecular weight is 346 g/mol. The van der Waals surface area contributed by atoms with E-state index in [2.05, 4.69) is 31.1 Å². The molecule has 0 unspecified atom stereocenters. The van der Waals surface area contributed by atoms with Crippen molar-refractivity contribution in [2.75, 3.05) is 0 Å². The first-order valence-corrected chi connectivity index (χ1v) is 7.09. The van der Waals surface area contributed by atoms with Crippen molar-refractivity contribution < 1.29 is 9.84 Å². The molecule has 2 aromatic carbocycles. The summed E-state index contributed by atoms with van der Waals surface area (Å²) in [5.74, 6) is 2.19. The first-order valence-electron chi connectivity index (χ1n) is 6.30. The molecule has 5 nitrogen and oxygen atoms in total. The second-order valence-electron chi connectivity index (χ2n) is 4.40. The summed E-state index contributed by atoms with van der Waals surface area (Å²) in [6.07, 6.45) is 0. The van der Waals surface area contributed by atoms with E-state index in [1.807, 2.05) is 24.3 Å². The first-order chi connectivity index (χ1) is 10.2. The third-order valence-electron chi connectivity index (χ3n) is 2.85. The SMILES string of the molecule is Oc1ccc(-c2n[nH]c(COc3ccc(Br)cc3)n2)cc1. The van der Waals surface area contributed by atoms with Gasteiger partial charge in [0.2, 0.25) is 0 Å². The number of aromatic nitrogens is 3. The van der Waals surface area contributed by atoms with Crippen LogP contribution in [0.4, 0.5) is 0 Å². The highest BCUT2D eigenvalue weighted by molar-refractivity contribution is 9.10. The molecule has 0 fully saturated rings. The number of rotatable bonds is 4. The number of nitrogens with one attached hydrogen (secondary N) is 1. The number of hydrogen-bond acceptors (Lipinski definition) is 4. The molecule has 0 spiro atoms. The molecule has 0 bridgehead atoms. The lowest BCUT2D eigenvalue weighted by atomic mass is 10.2. The zero-order valence-corrected chi connectivity index (χ0v) is 12.5. The third kappa shape index (κ3) is 3.41. The Kier molecular flexibility index (Phi) is 3.87. The van der Waals surface area contributed by atoms with Crippen LogP contribution >= 0.6 is 15.9 Å². The Bertz CT molecular complexity index is 723. The number of aromatic hydroxyl groups is 1. The van der Waals surface area contributed by atoms with Crippen LogP contribution in [0.1, 0.15) is 5.82 Å². The van der Waals surface area contributed by atoms with Crippen LogP contribution in [0.25, 0.3) is 11.4 Å². The third-order valence-corrected chi connectivity index (χ3v) is 3.38. The minimum atomic E-state index is 0.216. The molecular weight excluding hydrogens is 334 g/mol. The highest BCUT2D eigenvalue weighted by Crippen LogP contribution is 2.19. The Morgan fingerprint density at radius 1 is 1.05 bits per heavy atom. The van der Waals surface area contributed by atoms with Crippen molar-refractivity contribution in [2.45, 2.75) is 6.61 Å². The van der Waals surface area contributed by atoms with E-state index in [0.29, 0.717) is 18.3 Å². The van der Waals surface area contributed by atoms with Gasteiger partial charge in [0, 0.05) is 10.0 Å². The van der Waals surface area contributed by atoms with E-state index in [4.69, 9.17) is 4.74 Å². The molecule has 6 heteroatoms. The number of H-pyrrole nitrogens is 1. The van der Waals surface area contributed by atoms with E-state index in [-0.39, 0.29) is 5.75 Å². The summed E-state index contributed by atoms with van der Waals surface area (Å²) in [6, 6.07) is 14.3. The van der Waals surface area contributed by atoms with Gasteiger partial charge in [-0.2, -0.15) is 5.10 Å². The van der Waals surface area contributed by atoms with Crippen molar-refractivity contribution in [3.05, 3.63) is 58.8 Å². The molecule has 21 heavy (non-hydrogen) atoms. The Labute approximate surface area is 129 Å². The predicted molar refractivity (Wildman–Crippen MR) is 82.0 cm³/mol. The van der Waals surface area contributed by atoms with Gasteiger partial charge in [-0.05, 0) is 48.5 Å². The van der Waals surface area contributed by atoms with Crippen molar-refractivity contribution in [1.82, 2.24) is 15.2 Å². The summed E-state index contributed by atoms with van der Waals surface area (Å²) < 4.78 is 6.62. The van der Waals surface area contributed by atoms with Gasteiger partial charge in [0.15, 0.2) is 11.6 Å². The van der Waals surface area contributed by atoms with Gasteiger partial charge < -0.3 is 9.84 Å². The molecule has 0 saturated carbocycles. The Balaban J connectivity index is 1.67. The van der Waals surface area contributed by atoms with E-state index in [9.17, 15) is 5.11 Å². The molecule has 3 rings (SSSR count). The largest absolute Gasteiger partial charge is 0.508 e. The van der Waals surface area contributed by atoms with Crippen molar-refractivity contribution >= 4 is 15.9 Å². The van der Waals surface area contributed by atoms with Gasteiger partial charge in [-0.15, -0.1) is 0 Å². The average Bonchev–Trinajstić information content (AvgIpc) is 2.96. The van der Waals surface area contributed by atoms with Crippen LogP contribution in [0.5, 0.6) is 11.5 Å². The van der Waals surface area contributed by atoms with Gasteiger partial charge in [-0.1, -0.05) is 15.9 Å². The highest BCUT2D eigenvalue weighted by atomic mass is 79.9. The Morgan fingerprint density at radius 2 is 1.76 bits per heavy atom. The van der Waals surface area contributed by atoms with Crippen LogP contribution in [0.15, 0.2) is 53.0 Å². The monoisotopic (exact) mass is 345 g/mol. The number of nitrogens with zero attached hydrogens (tertiary/aromatic N) is 2.